The molecule has 1 aromatic rings. The quantitative estimate of drug-likeness (QED) is 0.567. The number of hydrogen-bond donors (Lipinski definition) is 1. The zero-order valence-electron chi connectivity index (χ0n) is 7.19. The summed E-state index contributed by atoms with van der Waals surface area (Å²) in [5.74, 6) is 0. The van der Waals surface area contributed by atoms with Gasteiger partial charge >= 0.3 is 0 Å². The van der Waals surface area contributed by atoms with Gasteiger partial charge in [0.1, 0.15) is 0 Å². The maximum atomic E-state index is 8.77. The molecule has 0 amide bonds. The molecule has 0 aromatic carbocycles. The lowest BCUT2D eigenvalue weighted by Gasteiger charge is -2.04. The van der Waals surface area contributed by atoms with Crippen molar-refractivity contribution >= 4 is 11.8 Å². The molecule has 1 heterocycles. The number of aromatic nitrogens is 2. The van der Waals surface area contributed by atoms with Crippen LogP contribution in [-0.2, 0) is 0 Å². The van der Waals surface area contributed by atoms with Gasteiger partial charge in [0.05, 0.1) is 6.61 Å². The second kappa shape index (κ2) is 4.42. The Morgan fingerprint density at radius 1 is 1.50 bits per heavy atom. The molecule has 0 bridgehead atoms. The maximum Gasteiger partial charge on any atom is 0.187 e. The van der Waals surface area contributed by atoms with E-state index in [1.807, 2.05) is 13.8 Å². The third-order valence-electron chi connectivity index (χ3n) is 1.32. The Hall–Kier alpha value is -0.610. The Bertz CT molecular complexity index is 237. The van der Waals surface area contributed by atoms with E-state index in [0.717, 1.165) is 10.7 Å². The Balaban J connectivity index is 2.58. The normalized spacial score (nSPS) is 12.9. The number of rotatable bonds is 3. The molecule has 1 N–H and O–H groups in total. The van der Waals surface area contributed by atoms with E-state index in [2.05, 4.69) is 9.97 Å². The van der Waals surface area contributed by atoms with Crippen LogP contribution in [0.3, 0.4) is 0 Å². The van der Waals surface area contributed by atoms with Crippen molar-refractivity contribution < 1.29 is 5.11 Å². The van der Waals surface area contributed by atoms with Crippen LogP contribution in [0.2, 0.25) is 0 Å². The van der Waals surface area contributed by atoms with E-state index in [0.29, 0.717) is 0 Å². The summed E-state index contributed by atoms with van der Waals surface area (Å²) in [5.41, 5.74) is 1.05. The number of aryl methyl sites for hydroxylation is 1. The summed E-state index contributed by atoms with van der Waals surface area (Å²) in [5, 5.41) is 9.66. The molecule has 0 saturated heterocycles. The van der Waals surface area contributed by atoms with Crippen LogP contribution in [-0.4, -0.2) is 26.9 Å². The number of hydrogen-bond acceptors (Lipinski definition) is 4. The first kappa shape index (κ1) is 9.48. The van der Waals surface area contributed by atoms with Crippen molar-refractivity contribution in [3.63, 3.8) is 0 Å². The van der Waals surface area contributed by atoms with E-state index in [1.54, 1.807) is 12.4 Å². The highest BCUT2D eigenvalue weighted by molar-refractivity contribution is 7.99. The zero-order valence-corrected chi connectivity index (χ0v) is 8.01. The highest BCUT2D eigenvalue weighted by Crippen LogP contribution is 2.17. The smallest absolute Gasteiger partial charge is 0.187 e. The molecule has 0 aliphatic heterocycles. The van der Waals surface area contributed by atoms with Crippen LogP contribution in [0.15, 0.2) is 17.6 Å². The van der Waals surface area contributed by atoms with Gasteiger partial charge in [-0.1, -0.05) is 18.7 Å². The summed E-state index contributed by atoms with van der Waals surface area (Å²) >= 11 is 1.48. The van der Waals surface area contributed by atoms with Gasteiger partial charge in [-0.2, -0.15) is 0 Å². The van der Waals surface area contributed by atoms with E-state index >= 15 is 0 Å². The molecule has 0 radical (unpaired) electrons. The molecule has 1 aromatic heterocycles. The molecule has 0 saturated carbocycles. The van der Waals surface area contributed by atoms with Gasteiger partial charge in [-0.25, -0.2) is 9.97 Å². The topological polar surface area (TPSA) is 46.0 Å². The van der Waals surface area contributed by atoms with Crippen molar-refractivity contribution in [2.75, 3.05) is 6.61 Å². The van der Waals surface area contributed by atoms with Crippen molar-refractivity contribution in [3.05, 3.63) is 18.0 Å². The number of thioether (sulfide) groups is 1. The number of aliphatic hydroxyl groups excluding tert-OH is 1. The van der Waals surface area contributed by atoms with Gasteiger partial charge in [-0.05, 0) is 12.5 Å². The van der Waals surface area contributed by atoms with E-state index in [1.165, 1.54) is 11.8 Å². The average molecular weight is 184 g/mol. The summed E-state index contributed by atoms with van der Waals surface area (Å²) in [6.07, 6.45) is 3.55. The van der Waals surface area contributed by atoms with Crippen LogP contribution in [0.25, 0.3) is 0 Å². The lowest BCUT2D eigenvalue weighted by molar-refractivity contribution is 0.300. The van der Waals surface area contributed by atoms with Gasteiger partial charge in [0.2, 0.25) is 0 Å². The molecular formula is C8H12N2OS. The first-order valence-electron chi connectivity index (χ1n) is 3.78. The van der Waals surface area contributed by atoms with Crippen molar-refractivity contribution in [3.8, 4) is 0 Å². The molecule has 0 fully saturated rings. The molecule has 0 aliphatic rings. The van der Waals surface area contributed by atoms with Gasteiger partial charge in [-0.3, -0.25) is 0 Å². The highest BCUT2D eigenvalue weighted by atomic mass is 32.2. The van der Waals surface area contributed by atoms with Crippen LogP contribution < -0.4 is 0 Å². The molecule has 1 unspecified atom stereocenters. The largest absolute Gasteiger partial charge is 0.395 e. The van der Waals surface area contributed by atoms with Crippen LogP contribution in [0.4, 0.5) is 0 Å². The fraction of sp³-hybridized carbons (Fsp3) is 0.500. The van der Waals surface area contributed by atoms with Crippen molar-refractivity contribution in [1.82, 2.24) is 9.97 Å². The summed E-state index contributed by atoms with van der Waals surface area (Å²) < 4.78 is 0. The Morgan fingerprint density at radius 3 is 2.58 bits per heavy atom. The minimum atomic E-state index is 0.155. The highest BCUT2D eigenvalue weighted by Gasteiger charge is 2.03. The van der Waals surface area contributed by atoms with E-state index in [9.17, 15) is 0 Å². The van der Waals surface area contributed by atoms with Crippen molar-refractivity contribution in [2.24, 2.45) is 0 Å². The molecule has 1 atom stereocenters. The summed E-state index contributed by atoms with van der Waals surface area (Å²) in [4.78, 5) is 8.21. The summed E-state index contributed by atoms with van der Waals surface area (Å²) in [6, 6.07) is 0. The lowest BCUT2D eigenvalue weighted by Crippen LogP contribution is -2.03. The van der Waals surface area contributed by atoms with Crippen LogP contribution in [0.1, 0.15) is 12.5 Å². The average Bonchev–Trinajstić information content (AvgIpc) is 2.09. The fourth-order valence-corrected chi connectivity index (χ4v) is 1.32. The molecule has 4 heteroatoms. The molecule has 3 nitrogen and oxygen atoms in total. The summed E-state index contributed by atoms with van der Waals surface area (Å²) in [6.45, 7) is 4.04. The van der Waals surface area contributed by atoms with Gasteiger partial charge in [0.25, 0.3) is 0 Å². The van der Waals surface area contributed by atoms with Crippen molar-refractivity contribution in [2.45, 2.75) is 24.3 Å². The molecule has 66 valence electrons. The second-order valence-electron chi connectivity index (χ2n) is 2.65. The van der Waals surface area contributed by atoms with Crippen molar-refractivity contribution in [1.29, 1.82) is 0 Å². The second-order valence-corrected chi connectivity index (χ2v) is 4.06. The lowest BCUT2D eigenvalue weighted by atomic mass is 10.4. The molecular weight excluding hydrogens is 172 g/mol. The maximum absolute atomic E-state index is 8.77. The first-order valence-corrected chi connectivity index (χ1v) is 4.66. The predicted octanol–water partition coefficient (Wildman–Crippen LogP) is 1.26. The van der Waals surface area contributed by atoms with Gasteiger partial charge in [-0.15, -0.1) is 0 Å². The van der Waals surface area contributed by atoms with Crippen LogP contribution in [0.5, 0.6) is 0 Å². The number of aliphatic hydroxyl groups is 1. The molecule has 0 aliphatic carbocycles. The Labute approximate surface area is 76.2 Å². The monoisotopic (exact) mass is 184 g/mol. The van der Waals surface area contributed by atoms with Crippen LogP contribution >= 0.6 is 11.8 Å². The molecule has 0 spiro atoms. The van der Waals surface area contributed by atoms with E-state index in [-0.39, 0.29) is 11.9 Å². The Kier molecular flexibility index (Phi) is 3.49. The standard InChI is InChI=1S/C8H12N2OS/c1-6-3-9-8(10-4-6)12-7(2)5-11/h3-4,7,11H,5H2,1-2H3. The third kappa shape index (κ3) is 2.79. The predicted molar refractivity (Wildman–Crippen MR) is 49.2 cm³/mol. The van der Waals surface area contributed by atoms with Crippen LogP contribution in [0, 0.1) is 6.92 Å². The first-order chi connectivity index (χ1) is 5.72. The van der Waals surface area contributed by atoms with E-state index in [4.69, 9.17) is 5.11 Å². The Morgan fingerprint density at radius 2 is 2.08 bits per heavy atom. The third-order valence-corrected chi connectivity index (χ3v) is 2.29. The van der Waals surface area contributed by atoms with Gasteiger partial charge < -0.3 is 5.11 Å². The minimum Gasteiger partial charge on any atom is -0.395 e. The molecule has 12 heavy (non-hydrogen) atoms. The fourth-order valence-electron chi connectivity index (χ4n) is 0.659. The van der Waals surface area contributed by atoms with E-state index < -0.39 is 0 Å². The molecule has 1 rings (SSSR count). The van der Waals surface area contributed by atoms with Gasteiger partial charge in [0, 0.05) is 17.6 Å². The summed E-state index contributed by atoms with van der Waals surface area (Å²) in [7, 11) is 0. The number of nitrogens with zero attached hydrogens (tertiary/aromatic N) is 2. The van der Waals surface area contributed by atoms with Gasteiger partial charge in [0.15, 0.2) is 5.16 Å². The minimum absolute atomic E-state index is 0.155. The SMILES string of the molecule is Cc1cnc(SC(C)CO)nc1. The zero-order chi connectivity index (χ0) is 8.97.